The molecule has 8 heteroatoms. The van der Waals surface area contributed by atoms with Gasteiger partial charge in [0.1, 0.15) is 5.69 Å². The number of pyridine rings is 1. The highest BCUT2D eigenvalue weighted by Crippen LogP contribution is 2.29. The summed E-state index contributed by atoms with van der Waals surface area (Å²) in [4.78, 5) is 31.7. The van der Waals surface area contributed by atoms with Crippen molar-refractivity contribution >= 4 is 32.5 Å². The first-order chi connectivity index (χ1) is 16.7. The minimum atomic E-state index is -3.86. The van der Waals surface area contributed by atoms with Crippen LogP contribution in [0.25, 0.3) is 10.8 Å². The summed E-state index contributed by atoms with van der Waals surface area (Å²) in [6.45, 7) is 6.83. The number of aromatic nitrogens is 1. The Morgan fingerprint density at radius 2 is 1.83 bits per heavy atom. The van der Waals surface area contributed by atoms with Crippen LogP contribution in [0.1, 0.15) is 54.7 Å². The highest BCUT2D eigenvalue weighted by molar-refractivity contribution is 7.89. The Bertz CT molecular complexity index is 1370. The number of rotatable bonds is 7. The normalized spacial score (nSPS) is 18.5. The van der Waals surface area contributed by atoms with Gasteiger partial charge in [0.25, 0.3) is 0 Å². The minimum absolute atomic E-state index is 0.0152. The summed E-state index contributed by atoms with van der Waals surface area (Å²) in [6.07, 6.45) is 3.44. The predicted octanol–water partition coefficient (Wildman–Crippen LogP) is 4.09. The summed E-state index contributed by atoms with van der Waals surface area (Å²) < 4.78 is 29.9. The van der Waals surface area contributed by atoms with Gasteiger partial charge in [0.05, 0.1) is 4.90 Å². The van der Waals surface area contributed by atoms with Crippen LogP contribution < -0.4 is 4.72 Å². The van der Waals surface area contributed by atoms with Crippen molar-refractivity contribution in [3.05, 3.63) is 71.5 Å². The molecule has 0 unspecified atom stereocenters. The number of carbonyl (C=O) groups excluding carboxylic acids is 2. The summed E-state index contributed by atoms with van der Waals surface area (Å²) >= 11 is 0. The number of ketones is 1. The van der Waals surface area contributed by atoms with Gasteiger partial charge in [-0.25, -0.2) is 13.1 Å². The van der Waals surface area contributed by atoms with Gasteiger partial charge in [0.15, 0.2) is 0 Å². The number of hydrogen-bond acceptors (Lipinski definition) is 5. The third kappa shape index (κ3) is 5.13. The van der Waals surface area contributed by atoms with E-state index in [-0.39, 0.29) is 28.5 Å². The minimum Gasteiger partial charge on any atom is -0.342 e. The van der Waals surface area contributed by atoms with E-state index >= 15 is 0 Å². The third-order valence-corrected chi connectivity index (χ3v) is 8.22. The molecule has 184 valence electrons. The fraction of sp³-hybridized carbons (Fsp3) is 0.370. The molecule has 0 spiro atoms. The summed E-state index contributed by atoms with van der Waals surface area (Å²) in [7, 11) is -3.86. The molecule has 3 aromatic rings. The molecule has 0 radical (unpaired) electrons. The average Bonchev–Trinajstić information content (AvgIpc) is 2.84. The molecule has 1 fully saturated rings. The SMILES string of the molecule is CCCC(=O)N1CC[C@@H](NS(=O)(=O)c2ccc(C(=O)c3ncccc3C)c3ccccc23)[C@@H](C)C1. The first-order valence-electron chi connectivity index (χ1n) is 12.0. The Labute approximate surface area is 206 Å². The van der Waals surface area contributed by atoms with E-state index in [1.165, 1.54) is 6.07 Å². The Morgan fingerprint density at radius 1 is 1.09 bits per heavy atom. The molecular weight excluding hydrogens is 462 g/mol. The first-order valence-corrected chi connectivity index (χ1v) is 13.5. The number of aryl methyl sites for hydroxylation is 1. The third-order valence-electron chi connectivity index (χ3n) is 6.67. The average molecular weight is 494 g/mol. The Morgan fingerprint density at radius 3 is 2.51 bits per heavy atom. The zero-order chi connectivity index (χ0) is 25.2. The van der Waals surface area contributed by atoms with Crippen LogP contribution in [0, 0.1) is 12.8 Å². The standard InChI is InChI=1S/C27H31N3O4S/c1-4-8-25(31)30-16-14-23(19(3)17-30)29-35(33,34)24-13-12-22(20-10-5-6-11-21(20)24)27(32)26-18(2)9-7-15-28-26/h5-7,9-13,15,19,23,29H,4,8,14,16-17H2,1-3H3/t19-,23+/m0/s1. The maximum atomic E-state index is 13.5. The molecule has 1 saturated heterocycles. The van der Waals surface area contributed by atoms with Gasteiger partial charge in [0.2, 0.25) is 21.7 Å². The van der Waals surface area contributed by atoms with E-state index in [1.54, 1.807) is 42.6 Å². The lowest BCUT2D eigenvalue weighted by Crippen LogP contribution is -2.51. The summed E-state index contributed by atoms with van der Waals surface area (Å²) in [5.41, 5.74) is 1.53. The van der Waals surface area contributed by atoms with Crippen molar-refractivity contribution in [2.45, 2.75) is 51.0 Å². The monoisotopic (exact) mass is 493 g/mol. The lowest BCUT2D eigenvalue weighted by Gasteiger charge is -2.37. The van der Waals surface area contributed by atoms with Gasteiger partial charge in [-0.15, -0.1) is 0 Å². The van der Waals surface area contributed by atoms with Gasteiger partial charge in [-0.2, -0.15) is 0 Å². The number of sulfonamides is 1. The van der Waals surface area contributed by atoms with Crippen molar-refractivity contribution in [2.24, 2.45) is 5.92 Å². The maximum Gasteiger partial charge on any atom is 0.241 e. The summed E-state index contributed by atoms with van der Waals surface area (Å²) in [5, 5.41) is 1.06. The van der Waals surface area contributed by atoms with E-state index in [0.29, 0.717) is 48.0 Å². The van der Waals surface area contributed by atoms with E-state index in [4.69, 9.17) is 0 Å². The van der Waals surface area contributed by atoms with Crippen molar-refractivity contribution in [1.29, 1.82) is 0 Å². The Hall–Kier alpha value is -3.10. The second-order valence-electron chi connectivity index (χ2n) is 9.24. The van der Waals surface area contributed by atoms with Crippen LogP contribution in [0.5, 0.6) is 0 Å². The molecule has 0 aliphatic carbocycles. The number of carbonyl (C=O) groups is 2. The van der Waals surface area contributed by atoms with Crippen LogP contribution >= 0.6 is 0 Å². The van der Waals surface area contributed by atoms with E-state index in [1.807, 2.05) is 31.7 Å². The van der Waals surface area contributed by atoms with E-state index in [0.717, 1.165) is 12.0 Å². The topological polar surface area (TPSA) is 96.4 Å². The first kappa shape index (κ1) is 25.0. The largest absolute Gasteiger partial charge is 0.342 e. The Kier molecular flexibility index (Phi) is 7.33. The smallest absolute Gasteiger partial charge is 0.241 e. The van der Waals surface area contributed by atoms with Crippen molar-refractivity contribution in [3.63, 3.8) is 0 Å². The zero-order valence-electron chi connectivity index (χ0n) is 20.3. The van der Waals surface area contributed by atoms with Gasteiger partial charge in [0, 0.05) is 42.7 Å². The number of likely N-dealkylation sites (tertiary alicyclic amines) is 1. The molecule has 2 aromatic carbocycles. The highest BCUT2D eigenvalue weighted by atomic mass is 32.2. The zero-order valence-corrected chi connectivity index (χ0v) is 21.1. The van der Waals surface area contributed by atoms with E-state index in [9.17, 15) is 18.0 Å². The van der Waals surface area contributed by atoms with E-state index < -0.39 is 10.0 Å². The molecule has 1 aromatic heterocycles. The number of amides is 1. The van der Waals surface area contributed by atoms with Crippen molar-refractivity contribution < 1.29 is 18.0 Å². The molecule has 2 heterocycles. The van der Waals surface area contributed by atoms with Crippen LogP contribution in [0.3, 0.4) is 0 Å². The molecule has 0 bridgehead atoms. The second kappa shape index (κ2) is 10.3. The molecular formula is C27H31N3O4S. The van der Waals surface area contributed by atoms with Gasteiger partial charge in [-0.3, -0.25) is 14.6 Å². The van der Waals surface area contributed by atoms with Gasteiger partial charge in [-0.05, 0) is 54.8 Å². The van der Waals surface area contributed by atoms with Crippen molar-refractivity contribution in [1.82, 2.24) is 14.6 Å². The van der Waals surface area contributed by atoms with Crippen LogP contribution in [-0.2, 0) is 14.8 Å². The second-order valence-corrected chi connectivity index (χ2v) is 10.9. The van der Waals surface area contributed by atoms with Gasteiger partial charge >= 0.3 is 0 Å². The molecule has 2 atom stereocenters. The molecule has 1 N–H and O–H groups in total. The number of nitrogens with one attached hydrogen (secondary N) is 1. The number of fused-ring (bicyclic) bond motifs is 1. The number of benzene rings is 2. The highest BCUT2D eigenvalue weighted by Gasteiger charge is 2.32. The maximum absolute atomic E-state index is 13.5. The van der Waals surface area contributed by atoms with Crippen LogP contribution in [0.4, 0.5) is 0 Å². The van der Waals surface area contributed by atoms with Gasteiger partial charge < -0.3 is 4.90 Å². The van der Waals surface area contributed by atoms with Crippen molar-refractivity contribution in [3.8, 4) is 0 Å². The quantitative estimate of drug-likeness (QED) is 0.500. The number of piperidine rings is 1. The summed E-state index contributed by atoms with van der Waals surface area (Å²) in [5.74, 6) is -0.137. The molecule has 1 aliphatic heterocycles. The summed E-state index contributed by atoms with van der Waals surface area (Å²) in [6, 6.07) is 13.4. The number of hydrogen-bond donors (Lipinski definition) is 1. The lowest BCUT2D eigenvalue weighted by atomic mass is 9.94. The molecule has 4 rings (SSSR count). The molecule has 1 amide bonds. The van der Waals surface area contributed by atoms with Crippen molar-refractivity contribution in [2.75, 3.05) is 13.1 Å². The fourth-order valence-electron chi connectivity index (χ4n) is 4.74. The Balaban J connectivity index is 1.63. The predicted molar refractivity (Wildman–Crippen MR) is 136 cm³/mol. The molecule has 0 saturated carbocycles. The number of nitrogens with zero attached hydrogens (tertiary/aromatic N) is 2. The van der Waals surface area contributed by atoms with Crippen LogP contribution in [0.2, 0.25) is 0 Å². The fourth-order valence-corrected chi connectivity index (χ4v) is 6.33. The van der Waals surface area contributed by atoms with Gasteiger partial charge in [-0.1, -0.05) is 44.2 Å². The molecule has 35 heavy (non-hydrogen) atoms. The van der Waals surface area contributed by atoms with Crippen LogP contribution in [-0.4, -0.2) is 49.1 Å². The van der Waals surface area contributed by atoms with Crippen LogP contribution in [0.15, 0.2) is 59.6 Å². The molecule has 1 aliphatic rings. The van der Waals surface area contributed by atoms with E-state index in [2.05, 4.69) is 9.71 Å². The molecule has 7 nitrogen and oxygen atoms in total. The lowest BCUT2D eigenvalue weighted by molar-refractivity contribution is -0.133.